The summed E-state index contributed by atoms with van der Waals surface area (Å²) in [6.07, 6.45) is -0.762. The Labute approximate surface area is 82.4 Å². The Morgan fingerprint density at radius 2 is 2.21 bits per heavy atom. The fourth-order valence-electron chi connectivity index (χ4n) is 1.32. The minimum absolute atomic E-state index is 0.244. The predicted molar refractivity (Wildman–Crippen MR) is 49.3 cm³/mol. The number of nitrogens with zero attached hydrogens (tertiary/aromatic N) is 4. The van der Waals surface area contributed by atoms with Gasteiger partial charge in [0.15, 0.2) is 0 Å². The van der Waals surface area contributed by atoms with Gasteiger partial charge in [-0.3, -0.25) is 4.79 Å². The Hall–Kier alpha value is -1.46. The summed E-state index contributed by atoms with van der Waals surface area (Å²) in [7, 11) is 1.56. The maximum Gasteiger partial charge on any atom is 0.328 e. The van der Waals surface area contributed by atoms with E-state index in [9.17, 15) is 9.59 Å². The van der Waals surface area contributed by atoms with Gasteiger partial charge in [0.25, 0.3) is 0 Å². The molecule has 0 saturated carbocycles. The lowest BCUT2D eigenvalue weighted by Gasteiger charge is -2.21. The number of likely N-dealkylation sites (N-methyl/N-ethyl adjacent to an activating group) is 1. The Bertz CT molecular complexity index is 277. The summed E-state index contributed by atoms with van der Waals surface area (Å²) in [6, 6.07) is -0.411. The lowest BCUT2D eigenvalue weighted by molar-refractivity contribution is -0.132. The number of carbonyl (C=O) groups is 2. The third kappa shape index (κ3) is 1.59. The molecule has 1 heterocycles. The highest BCUT2D eigenvalue weighted by Crippen LogP contribution is 2.18. The molecule has 0 aliphatic carbocycles. The molecule has 1 saturated heterocycles. The van der Waals surface area contributed by atoms with Crippen LogP contribution >= 0.6 is 0 Å². The smallest absolute Gasteiger partial charge is 0.328 e. The number of amides is 3. The molecule has 0 aromatic carbocycles. The predicted octanol–water partition coefficient (Wildman–Crippen LogP) is 0.884. The van der Waals surface area contributed by atoms with Gasteiger partial charge in [-0.25, -0.2) is 9.69 Å². The van der Waals surface area contributed by atoms with Crippen molar-refractivity contribution in [3.05, 3.63) is 5.53 Å². The van der Waals surface area contributed by atoms with Crippen molar-refractivity contribution in [1.29, 1.82) is 0 Å². The first-order chi connectivity index (χ1) is 6.49. The molecule has 1 unspecified atom stereocenters. The van der Waals surface area contributed by atoms with Crippen LogP contribution in [0.15, 0.2) is 5.11 Å². The van der Waals surface area contributed by atoms with Gasteiger partial charge in [0, 0.05) is 13.0 Å². The molecular formula is C8H13N4O2-. The van der Waals surface area contributed by atoms with E-state index in [0.717, 1.165) is 4.90 Å². The van der Waals surface area contributed by atoms with Crippen molar-refractivity contribution in [2.75, 3.05) is 13.6 Å². The first kappa shape index (κ1) is 10.6. The van der Waals surface area contributed by atoms with Crippen LogP contribution in [0.5, 0.6) is 0 Å². The van der Waals surface area contributed by atoms with Crippen LogP contribution < -0.4 is 0 Å². The number of carbonyl (C=O) groups excluding carboxylic acids is 2. The number of imide groups is 1. The van der Waals surface area contributed by atoms with Crippen molar-refractivity contribution in [2.45, 2.75) is 20.0 Å². The molecule has 1 rings (SSSR count). The SMILES string of the molecule is CC(C)C(=O)N1C(=O)N(C)CC1N=[N-]. The molecule has 0 N–H and O–H groups in total. The number of urea groups is 1. The molecule has 0 aromatic heterocycles. The van der Waals surface area contributed by atoms with Gasteiger partial charge in [-0.2, -0.15) is 0 Å². The summed E-state index contributed by atoms with van der Waals surface area (Å²) in [5, 5.41) is 3.02. The Morgan fingerprint density at radius 1 is 1.64 bits per heavy atom. The highest BCUT2D eigenvalue weighted by atomic mass is 16.2. The fourth-order valence-corrected chi connectivity index (χ4v) is 1.32. The molecule has 6 heteroatoms. The van der Waals surface area contributed by atoms with Gasteiger partial charge in [-0.1, -0.05) is 13.8 Å². The van der Waals surface area contributed by atoms with E-state index in [1.165, 1.54) is 4.90 Å². The van der Waals surface area contributed by atoms with Gasteiger partial charge >= 0.3 is 6.03 Å². The van der Waals surface area contributed by atoms with Gasteiger partial charge in [0.2, 0.25) is 5.91 Å². The van der Waals surface area contributed by atoms with E-state index in [1.807, 2.05) is 0 Å². The maximum absolute atomic E-state index is 11.6. The van der Waals surface area contributed by atoms with Crippen molar-refractivity contribution in [3.8, 4) is 0 Å². The van der Waals surface area contributed by atoms with E-state index in [2.05, 4.69) is 5.11 Å². The summed E-state index contributed by atoms with van der Waals surface area (Å²) >= 11 is 0. The zero-order valence-corrected chi connectivity index (χ0v) is 8.47. The number of hydrogen-bond donors (Lipinski definition) is 0. The number of rotatable bonds is 2. The van der Waals surface area contributed by atoms with Gasteiger partial charge in [-0.15, -0.1) is 0 Å². The molecule has 78 valence electrons. The van der Waals surface area contributed by atoms with Gasteiger partial charge in [0.1, 0.15) is 6.17 Å². The van der Waals surface area contributed by atoms with E-state index >= 15 is 0 Å². The van der Waals surface area contributed by atoms with Crippen molar-refractivity contribution in [3.63, 3.8) is 0 Å². The quantitative estimate of drug-likeness (QED) is 0.616. The normalized spacial score (nSPS) is 22.0. The van der Waals surface area contributed by atoms with Crippen LogP contribution in [-0.2, 0) is 4.79 Å². The second kappa shape index (κ2) is 3.73. The molecule has 1 fully saturated rings. The molecule has 1 aliphatic heterocycles. The molecule has 0 radical (unpaired) electrons. The second-order valence-corrected chi connectivity index (χ2v) is 3.62. The standard InChI is InChI=1S/C8H13N4O2/c1-5(2)7(13)12-6(10-9)4-11(3)8(12)14/h5-6H,4H2,1-3H3/q-1. The molecule has 0 spiro atoms. The molecule has 6 nitrogen and oxygen atoms in total. The van der Waals surface area contributed by atoms with E-state index in [1.54, 1.807) is 20.9 Å². The third-order valence-corrected chi connectivity index (χ3v) is 2.13. The van der Waals surface area contributed by atoms with Crippen LogP contribution in [0.3, 0.4) is 0 Å². The van der Waals surface area contributed by atoms with Crippen LogP contribution in [-0.4, -0.2) is 41.5 Å². The summed E-state index contributed by atoms with van der Waals surface area (Å²) in [5.74, 6) is -0.600. The van der Waals surface area contributed by atoms with Crippen molar-refractivity contribution in [2.24, 2.45) is 11.0 Å². The monoisotopic (exact) mass is 197 g/mol. The van der Waals surface area contributed by atoms with Crippen LogP contribution in [0.25, 0.3) is 5.53 Å². The molecule has 3 amide bonds. The molecular weight excluding hydrogens is 184 g/mol. The minimum atomic E-state index is -0.762. The number of hydrogen-bond acceptors (Lipinski definition) is 3. The average Bonchev–Trinajstić information content (AvgIpc) is 2.42. The van der Waals surface area contributed by atoms with E-state index < -0.39 is 12.2 Å². The highest BCUT2D eigenvalue weighted by Gasteiger charge is 2.38. The minimum Gasteiger partial charge on any atom is -0.710 e. The first-order valence-electron chi connectivity index (χ1n) is 4.41. The lowest BCUT2D eigenvalue weighted by atomic mass is 10.2. The highest BCUT2D eigenvalue weighted by molar-refractivity contribution is 5.97. The van der Waals surface area contributed by atoms with E-state index in [0.29, 0.717) is 0 Å². The molecule has 1 atom stereocenters. The van der Waals surface area contributed by atoms with Crippen LogP contribution in [0.1, 0.15) is 13.8 Å². The summed E-state index contributed by atoms with van der Waals surface area (Å²) in [5.41, 5.74) is 8.65. The molecule has 14 heavy (non-hydrogen) atoms. The topological polar surface area (TPSA) is 75.3 Å². The summed E-state index contributed by atoms with van der Waals surface area (Å²) in [4.78, 5) is 25.4. The first-order valence-corrected chi connectivity index (χ1v) is 4.41. The molecule has 1 aliphatic rings. The van der Waals surface area contributed by atoms with Gasteiger partial charge in [0.05, 0.1) is 6.54 Å². The zero-order chi connectivity index (χ0) is 10.9. The fraction of sp³-hybridized carbons (Fsp3) is 0.750. The van der Waals surface area contributed by atoms with Crippen molar-refractivity contribution in [1.82, 2.24) is 9.80 Å². The second-order valence-electron chi connectivity index (χ2n) is 3.62. The maximum atomic E-state index is 11.6. The Kier molecular flexibility index (Phi) is 2.83. The summed E-state index contributed by atoms with van der Waals surface area (Å²) < 4.78 is 0. The van der Waals surface area contributed by atoms with Gasteiger partial charge < -0.3 is 15.5 Å². The summed E-state index contributed by atoms with van der Waals surface area (Å²) in [6.45, 7) is 3.64. The van der Waals surface area contributed by atoms with Crippen LogP contribution in [0.2, 0.25) is 0 Å². The van der Waals surface area contributed by atoms with Crippen LogP contribution in [0.4, 0.5) is 4.79 Å². The van der Waals surface area contributed by atoms with E-state index in [4.69, 9.17) is 5.53 Å². The zero-order valence-electron chi connectivity index (χ0n) is 8.47. The van der Waals surface area contributed by atoms with Crippen molar-refractivity contribution < 1.29 is 9.59 Å². The average molecular weight is 197 g/mol. The van der Waals surface area contributed by atoms with Crippen molar-refractivity contribution >= 4 is 11.9 Å². The van der Waals surface area contributed by atoms with E-state index in [-0.39, 0.29) is 18.4 Å². The molecule has 0 bridgehead atoms. The largest absolute Gasteiger partial charge is 0.710 e. The third-order valence-electron chi connectivity index (χ3n) is 2.13. The Balaban J connectivity index is 2.89. The lowest BCUT2D eigenvalue weighted by Crippen LogP contribution is -2.41. The molecule has 0 aromatic rings. The van der Waals surface area contributed by atoms with Crippen LogP contribution in [0, 0.1) is 5.92 Å². The van der Waals surface area contributed by atoms with Gasteiger partial charge in [-0.05, 0) is 0 Å². The Morgan fingerprint density at radius 3 is 2.64 bits per heavy atom.